The maximum atomic E-state index is 12.4. The Hall–Kier alpha value is -2.42. The number of hydrogen-bond acceptors (Lipinski definition) is 7. The molecule has 32 heavy (non-hydrogen) atoms. The molecule has 1 unspecified atom stereocenters. The maximum Gasteiger partial charge on any atom is 0.172 e. The average molecular weight is 477 g/mol. The third kappa shape index (κ3) is 5.88. The molecular weight excluding hydrogens is 448 g/mol. The predicted molar refractivity (Wildman–Crippen MR) is 131 cm³/mol. The maximum absolute atomic E-state index is 12.4. The van der Waals surface area contributed by atoms with Gasteiger partial charge in [0, 0.05) is 64.5 Å². The summed E-state index contributed by atoms with van der Waals surface area (Å²) < 4.78 is 5.86. The van der Waals surface area contributed by atoms with E-state index in [2.05, 4.69) is 10.1 Å². The van der Waals surface area contributed by atoms with E-state index in [-0.39, 0.29) is 11.9 Å². The number of nitrogens with zero attached hydrogens (tertiary/aromatic N) is 3. The van der Waals surface area contributed by atoms with Crippen LogP contribution in [0.5, 0.6) is 0 Å². The fourth-order valence-corrected chi connectivity index (χ4v) is 4.48. The van der Waals surface area contributed by atoms with Gasteiger partial charge in [0.25, 0.3) is 0 Å². The molecule has 9 heteroatoms. The number of oxime groups is 1. The number of nitrogens with one attached hydrogen (secondary N) is 1. The summed E-state index contributed by atoms with van der Waals surface area (Å²) in [6, 6.07) is 9.45. The lowest BCUT2D eigenvalue weighted by Gasteiger charge is -2.24. The molecule has 0 radical (unpaired) electrons. The number of carbonyl (C=O) groups excluding carboxylic acids is 1. The molecule has 2 aromatic rings. The van der Waals surface area contributed by atoms with Gasteiger partial charge in [-0.1, -0.05) is 28.9 Å². The molecule has 0 fully saturated rings. The number of hydrogen-bond donors (Lipinski definition) is 1. The summed E-state index contributed by atoms with van der Waals surface area (Å²) in [4.78, 5) is 22.6. The molecule has 1 N–H and O–H groups in total. The van der Waals surface area contributed by atoms with Crippen molar-refractivity contribution < 1.29 is 14.4 Å². The van der Waals surface area contributed by atoms with E-state index in [0.717, 1.165) is 22.5 Å². The van der Waals surface area contributed by atoms with Gasteiger partial charge in [0.15, 0.2) is 5.78 Å². The molecule has 0 aliphatic carbocycles. The lowest BCUT2D eigenvalue weighted by atomic mass is 9.98. The molecule has 1 atom stereocenters. The number of amidine groups is 1. The van der Waals surface area contributed by atoms with Crippen LogP contribution in [0.2, 0.25) is 4.34 Å². The van der Waals surface area contributed by atoms with E-state index in [1.165, 1.54) is 11.3 Å². The minimum atomic E-state index is -0.138. The van der Waals surface area contributed by atoms with E-state index in [1.54, 1.807) is 24.1 Å². The molecule has 1 aromatic carbocycles. The lowest BCUT2D eigenvalue weighted by Crippen LogP contribution is -2.26. The Labute approximate surface area is 198 Å². The number of Topliss-reactive ketones (excluding diaryl/α,β-unsaturated/α-hetero) is 1. The molecule has 1 aliphatic heterocycles. The van der Waals surface area contributed by atoms with Crippen LogP contribution in [0.15, 0.2) is 35.5 Å². The summed E-state index contributed by atoms with van der Waals surface area (Å²) in [6.45, 7) is 1.30. The van der Waals surface area contributed by atoms with Crippen molar-refractivity contribution in [2.75, 3.05) is 46.3 Å². The van der Waals surface area contributed by atoms with Crippen molar-refractivity contribution in [2.45, 2.75) is 25.4 Å². The summed E-state index contributed by atoms with van der Waals surface area (Å²) in [7, 11) is 7.39. The molecule has 0 bridgehead atoms. The smallest absolute Gasteiger partial charge is 0.172 e. The van der Waals surface area contributed by atoms with E-state index in [9.17, 15) is 4.79 Å². The minimum Gasteiger partial charge on any atom is -0.392 e. The van der Waals surface area contributed by atoms with Crippen LogP contribution < -0.4 is 4.90 Å². The van der Waals surface area contributed by atoms with Crippen LogP contribution in [-0.4, -0.2) is 69.7 Å². The predicted octanol–water partition coefficient (Wildman–Crippen LogP) is 4.53. The topological polar surface area (TPSA) is 78.2 Å². The first-order valence-electron chi connectivity index (χ1n) is 10.4. The van der Waals surface area contributed by atoms with Crippen LogP contribution in [0.4, 0.5) is 5.69 Å². The molecule has 2 heterocycles. The third-order valence-electron chi connectivity index (χ3n) is 5.35. The van der Waals surface area contributed by atoms with Gasteiger partial charge < -0.3 is 19.4 Å². The van der Waals surface area contributed by atoms with E-state index in [4.69, 9.17) is 26.6 Å². The molecule has 172 valence electrons. The van der Waals surface area contributed by atoms with Gasteiger partial charge >= 0.3 is 0 Å². The van der Waals surface area contributed by atoms with E-state index < -0.39 is 0 Å². The molecule has 0 amide bonds. The zero-order chi connectivity index (χ0) is 23.3. The number of rotatable bonds is 10. The Morgan fingerprint density at radius 3 is 2.75 bits per heavy atom. The second-order valence-electron chi connectivity index (χ2n) is 7.92. The van der Waals surface area contributed by atoms with Gasteiger partial charge in [0.05, 0.1) is 21.5 Å². The van der Waals surface area contributed by atoms with Gasteiger partial charge in [-0.25, -0.2) is 0 Å². The zero-order valence-electron chi connectivity index (χ0n) is 18.9. The fraction of sp³-hybridized carbons (Fsp3) is 0.435. The lowest BCUT2D eigenvalue weighted by molar-refractivity contribution is 0.0720. The van der Waals surface area contributed by atoms with Crippen LogP contribution in [0, 0.1) is 5.41 Å². The van der Waals surface area contributed by atoms with Crippen LogP contribution in [-0.2, 0) is 9.57 Å². The summed E-state index contributed by atoms with van der Waals surface area (Å²) in [5.74, 6) is 0.512. The van der Waals surface area contributed by atoms with Gasteiger partial charge in [-0.3, -0.25) is 10.2 Å². The molecule has 1 aromatic heterocycles. The normalized spacial score (nSPS) is 15.3. The Morgan fingerprint density at radius 2 is 2.09 bits per heavy atom. The number of methoxy groups -OCH3 is 1. The quantitative estimate of drug-likeness (QED) is 0.309. The summed E-state index contributed by atoms with van der Waals surface area (Å²) in [5, 5.41) is 12.7. The summed E-state index contributed by atoms with van der Waals surface area (Å²) in [6.07, 6.45) is 1.48. The molecule has 0 saturated heterocycles. The Kier molecular flexibility index (Phi) is 8.28. The molecular formula is C23H29ClN4O3S. The van der Waals surface area contributed by atoms with Crippen molar-refractivity contribution in [1.82, 2.24) is 4.90 Å². The number of ketones is 1. The molecule has 7 nitrogen and oxygen atoms in total. The first-order valence-corrected chi connectivity index (χ1v) is 11.6. The average Bonchev–Trinajstić information content (AvgIpc) is 3.44. The van der Waals surface area contributed by atoms with Crippen molar-refractivity contribution in [2.24, 2.45) is 5.16 Å². The van der Waals surface area contributed by atoms with Gasteiger partial charge in [-0.15, -0.1) is 11.3 Å². The molecule has 0 spiro atoms. The summed E-state index contributed by atoms with van der Waals surface area (Å²) in [5.41, 5.74) is 3.62. The van der Waals surface area contributed by atoms with E-state index in [1.807, 2.05) is 39.3 Å². The van der Waals surface area contributed by atoms with Crippen molar-refractivity contribution in [3.63, 3.8) is 0 Å². The highest BCUT2D eigenvalue weighted by Crippen LogP contribution is 2.29. The van der Waals surface area contributed by atoms with Crippen molar-refractivity contribution in [3.05, 3.63) is 50.7 Å². The largest absolute Gasteiger partial charge is 0.392 e. The van der Waals surface area contributed by atoms with Crippen LogP contribution in [0.1, 0.15) is 40.1 Å². The van der Waals surface area contributed by atoms with Gasteiger partial charge in [-0.05, 0) is 24.6 Å². The SMILES string of the molecule is COCCN(C)c1cc(C(=N)N(C)C)ccc1C1=NOC(CCC(=O)c2ccc(Cl)s2)C1. The standard InChI is InChI=1S/C23H29ClN4O3S/c1-27(2)23(25)15-5-7-17(19(13-15)28(3)11-12-30-4)18-14-16(31-26-18)6-8-20(29)21-9-10-22(24)32-21/h5,7,9-10,13,16,25H,6,8,11-12,14H2,1-4H3. The number of anilines is 1. The van der Waals surface area contributed by atoms with Gasteiger partial charge in [0.2, 0.25) is 0 Å². The minimum absolute atomic E-state index is 0.0745. The second-order valence-corrected chi connectivity index (χ2v) is 9.64. The van der Waals surface area contributed by atoms with Crippen molar-refractivity contribution in [1.29, 1.82) is 5.41 Å². The number of thiophene rings is 1. The second kappa shape index (κ2) is 10.9. The molecule has 3 rings (SSSR count). The summed E-state index contributed by atoms with van der Waals surface area (Å²) >= 11 is 7.24. The first kappa shape index (κ1) is 24.2. The van der Waals surface area contributed by atoms with Gasteiger partial charge in [-0.2, -0.15) is 0 Å². The third-order valence-corrected chi connectivity index (χ3v) is 6.62. The number of likely N-dealkylation sites (N-methyl/N-ethyl adjacent to an activating group) is 1. The Morgan fingerprint density at radius 1 is 1.31 bits per heavy atom. The number of benzene rings is 1. The van der Waals surface area contributed by atoms with E-state index in [0.29, 0.717) is 47.5 Å². The highest BCUT2D eigenvalue weighted by Gasteiger charge is 2.26. The fourth-order valence-electron chi connectivity index (χ4n) is 3.47. The number of halogens is 1. The highest BCUT2D eigenvalue weighted by atomic mass is 35.5. The van der Waals surface area contributed by atoms with E-state index >= 15 is 0 Å². The van der Waals surface area contributed by atoms with Crippen molar-refractivity contribution in [3.8, 4) is 0 Å². The van der Waals surface area contributed by atoms with Crippen LogP contribution >= 0.6 is 22.9 Å². The first-order chi connectivity index (χ1) is 15.3. The number of ether oxygens (including phenoxy) is 1. The zero-order valence-corrected chi connectivity index (χ0v) is 20.4. The number of carbonyl (C=O) groups is 1. The Balaban J connectivity index is 1.72. The van der Waals surface area contributed by atoms with Gasteiger partial charge in [0.1, 0.15) is 11.9 Å². The highest BCUT2D eigenvalue weighted by molar-refractivity contribution is 7.18. The molecule has 1 aliphatic rings. The van der Waals surface area contributed by atoms with Crippen molar-refractivity contribution >= 4 is 46.0 Å². The van der Waals surface area contributed by atoms with Crippen LogP contribution in [0.3, 0.4) is 0 Å². The molecule has 0 saturated carbocycles. The Bertz CT molecular complexity index is 1000. The van der Waals surface area contributed by atoms with Crippen LogP contribution in [0.25, 0.3) is 0 Å². The monoisotopic (exact) mass is 476 g/mol.